The van der Waals surface area contributed by atoms with Crippen molar-refractivity contribution >= 4 is 45.8 Å². The minimum absolute atomic E-state index is 0.0530. The quantitative estimate of drug-likeness (QED) is 0.307. The Balaban J connectivity index is 1.65. The van der Waals surface area contributed by atoms with E-state index in [9.17, 15) is 29.1 Å². The largest absolute Gasteiger partial charge is 0.439 e. The lowest BCUT2D eigenvalue weighted by Crippen LogP contribution is -2.74. The fraction of sp³-hybridized carbons (Fsp3) is 0.571. The van der Waals surface area contributed by atoms with Crippen molar-refractivity contribution < 1.29 is 33.5 Å². The van der Waals surface area contributed by atoms with Crippen molar-refractivity contribution in [2.75, 3.05) is 39.6 Å². The highest BCUT2D eigenvalue weighted by Crippen LogP contribution is 2.51. The molecule has 1 aromatic carbocycles. The number of fused-ring (bicyclic) bond motifs is 5. The summed E-state index contributed by atoms with van der Waals surface area (Å²) in [4.78, 5) is 75.1. The molecule has 3 aliphatic carbocycles. The van der Waals surface area contributed by atoms with Gasteiger partial charge in [0.15, 0.2) is 40.2 Å². The number of primary amides is 1. The third-order valence-electron chi connectivity index (χ3n) is 8.65. The zero-order valence-corrected chi connectivity index (χ0v) is 23.3. The Morgan fingerprint density at radius 1 is 1.20 bits per heavy atom. The maximum absolute atomic E-state index is 14.2. The molecule has 4 N–H and O–H groups in total. The zero-order valence-electron chi connectivity index (χ0n) is 23.3. The van der Waals surface area contributed by atoms with Gasteiger partial charge in [0.25, 0.3) is 0 Å². The summed E-state index contributed by atoms with van der Waals surface area (Å²) in [7, 11) is 6.84. The number of aromatic nitrogens is 1. The molecule has 0 aliphatic heterocycles. The lowest BCUT2D eigenvalue weighted by molar-refractivity contribution is -0.181. The second-order valence-corrected chi connectivity index (χ2v) is 11.6. The molecule has 0 bridgehead atoms. The number of ketones is 4. The van der Waals surface area contributed by atoms with Gasteiger partial charge in [-0.15, -0.1) is 0 Å². The van der Waals surface area contributed by atoms with E-state index in [0.29, 0.717) is 29.9 Å². The smallest absolute Gasteiger partial charge is 0.235 e. The standard InChI is InChI=1S/C28H35N5O7/c1-6-7-30-11-17-31-15-10-16(32(2)3)13-8-12-9-14-21(33(4)5)23(35)20(27(29)38)26(37)28(14,39)25(36)18(12)22(34)19(13)24(15)40-17/h10,12,14,18,20-21,30,39H,6-9,11H2,1-5H3,(H2,29,38)/t12-,14-,18?,20?,21-,28-/m0/s1. The molecule has 40 heavy (non-hydrogen) atoms. The summed E-state index contributed by atoms with van der Waals surface area (Å²) in [6.45, 7) is 3.15. The number of oxazole rings is 1. The number of hydrogen-bond acceptors (Lipinski definition) is 11. The number of carbonyl (C=O) groups is 5. The highest BCUT2D eigenvalue weighted by molar-refractivity contribution is 6.32. The van der Waals surface area contributed by atoms with E-state index < -0.39 is 64.4 Å². The van der Waals surface area contributed by atoms with E-state index in [4.69, 9.17) is 10.2 Å². The van der Waals surface area contributed by atoms with E-state index in [2.05, 4.69) is 10.3 Å². The summed E-state index contributed by atoms with van der Waals surface area (Å²) < 4.78 is 6.03. The summed E-state index contributed by atoms with van der Waals surface area (Å²) in [5, 5.41) is 15.0. The molecule has 2 aromatic rings. The number of anilines is 1. The number of nitrogens with one attached hydrogen (secondary N) is 1. The van der Waals surface area contributed by atoms with Crippen LogP contribution in [-0.2, 0) is 32.1 Å². The minimum atomic E-state index is -2.70. The van der Waals surface area contributed by atoms with Crippen molar-refractivity contribution in [2.45, 2.75) is 44.4 Å². The summed E-state index contributed by atoms with van der Waals surface area (Å²) in [6.07, 6.45) is 1.26. The third kappa shape index (κ3) is 3.92. The number of aliphatic hydroxyl groups is 1. The van der Waals surface area contributed by atoms with Crippen molar-refractivity contribution in [3.63, 3.8) is 0 Å². The van der Waals surface area contributed by atoms with E-state index in [-0.39, 0.29) is 17.6 Å². The number of nitrogens with two attached hydrogens (primary N) is 1. The predicted molar refractivity (Wildman–Crippen MR) is 144 cm³/mol. The van der Waals surface area contributed by atoms with Crippen molar-refractivity contribution in [1.29, 1.82) is 0 Å². The van der Waals surface area contributed by atoms with Gasteiger partial charge in [-0.3, -0.25) is 28.9 Å². The monoisotopic (exact) mass is 553 g/mol. The molecule has 12 heteroatoms. The van der Waals surface area contributed by atoms with Gasteiger partial charge >= 0.3 is 0 Å². The van der Waals surface area contributed by atoms with E-state index >= 15 is 0 Å². The average molecular weight is 554 g/mol. The molecule has 1 heterocycles. The molecule has 3 aliphatic rings. The van der Waals surface area contributed by atoms with Crippen molar-refractivity contribution in [1.82, 2.24) is 15.2 Å². The highest BCUT2D eigenvalue weighted by Gasteiger charge is 2.69. The van der Waals surface area contributed by atoms with Crippen LogP contribution in [0.4, 0.5) is 5.69 Å². The molecule has 214 valence electrons. The number of likely N-dealkylation sites (N-methyl/N-ethyl adjacent to an activating group) is 1. The first kappa shape index (κ1) is 28.1. The molecule has 0 radical (unpaired) electrons. The van der Waals surface area contributed by atoms with E-state index in [0.717, 1.165) is 18.7 Å². The molecule has 2 fully saturated rings. The van der Waals surface area contributed by atoms with E-state index in [1.165, 1.54) is 4.90 Å². The van der Waals surface area contributed by atoms with Gasteiger partial charge in [-0.05, 0) is 57.5 Å². The Labute approximate surface area is 231 Å². The molecule has 2 unspecified atom stereocenters. The van der Waals surface area contributed by atoms with Crippen LogP contribution in [0.1, 0.15) is 41.6 Å². The number of rotatable bonds is 7. The Bertz CT molecular complexity index is 1450. The molecule has 12 nitrogen and oxygen atoms in total. The number of amides is 1. The Morgan fingerprint density at radius 2 is 1.90 bits per heavy atom. The molecule has 1 amide bonds. The normalized spacial score (nSPS) is 29.9. The first-order chi connectivity index (χ1) is 18.8. The maximum atomic E-state index is 14.2. The van der Waals surface area contributed by atoms with Gasteiger partial charge in [-0.1, -0.05) is 6.92 Å². The Kier molecular flexibility index (Phi) is 6.92. The summed E-state index contributed by atoms with van der Waals surface area (Å²) >= 11 is 0. The number of benzene rings is 1. The second kappa shape index (κ2) is 9.86. The topological polar surface area (TPSA) is 176 Å². The third-order valence-corrected chi connectivity index (χ3v) is 8.65. The number of Topliss-reactive ketones (excluding diaryl/α,β-unsaturated/α-hetero) is 4. The molecular formula is C28H35N5O7. The molecule has 5 rings (SSSR count). The van der Waals surface area contributed by atoms with Gasteiger partial charge in [0.05, 0.1) is 24.1 Å². The Hall–Kier alpha value is -3.48. The van der Waals surface area contributed by atoms with Crippen molar-refractivity contribution in [2.24, 2.45) is 29.4 Å². The molecule has 1 aromatic heterocycles. The predicted octanol–water partition coefficient (Wildman–Crippen LogP) is -0.132. The van der Waals surface area contributed by atoms with E-state index in [1.54, 1.807) is 14.1 Å². The Morgan fingerprint density at radius 3 is 2.50 bits per heavy atom. The van der Waals surface area contributed by atoms with Crippen LogP contribution in [0.3, 0.4) is 0 Å². The van der Waals surface area contributed by atoms with Crippen LogP contribution in [0.15, 0.2) is 10.5 Å². The van der Waals surface area contributed by atoms with Crippen LogP contribution in [-0.4, -0.2) is 90.4 Å². The van der Waals surface area contributed by atoms with Gasteiger partial charge < -0.3 is 25.5 Å². The fourth-order valence-electron chi connectivity index (χ4n) is 6.93. The first-order valence-electron chi connectivity index (χ1n) is 13.5. The molecule has 0 saturated heterocycles. The summed E-state index contributed by atoms with van der Waals surface area (Å²) in [6, 6.07) is 0.744. The van der Waals surface area contributed by atoms with E-state index in [1.807, 2.05) is 32.0 Å². The summed E-state index contributed by atoms with van der Waals surface area (Å²) in [5.74, 6) is -9.41. The highest BCUT2D eigenvalue weighted by atomic mass is 16.4. The van der Waals surface area contributed by atoms with Crippen LogP contribution in [0.2, 0.25) is 0 Å². The van der Waals surface area contributed by atoms with Crippen LogP contribution >= 0.6 is 0 Å². The molecular weight excluding hydrogens is 518 g/mol. The van der Waals surface area contributed by atoms with Gasteiger partial charge in [0.1, 0.15) is 5.52 Å². The lowest BCUT2D eigenvalue weighted by atomic mass is 9.52. The van der Waals surface area contributed by atoms with Gasteiger partial charge in [-0.2, -0.15) is 0 Å². The average Bonchev–Trinajstić information content (AvgIpc) is 3.28. The molecule has 0 spiro atoms. The molecule has 2 saturated carbocycles. The van der Waals surface area contributed by atoms with Gasteiger partial charge in [0.2, 0.25) is 11.8 Å². The van der Waals surface area contributed by atoms with Crippen molar-refractivity contribution in [3.05, 3.63) is 23.1 Å². The zero-order chi connectivity index (χ0) is 29.3. The van der Waals surface area contributed by atoms with Crippen LogP contribution in [0, 0.1) is 23.7 Å². The fourth-order valence-corrected chi connectivity index (χ4v) is 6.93. The lowest BCUT2D eigenvalue weighted by Gasteiger charge is -2.52. The molecule has 6 atom stereocenters. The number of carbonyl (C=O) groups excluding carboxylic acids is 5. The second-order valence-electron chi connectivity index (χ2n) is 11.6. The van der Waals surface area contributed by atoms with Crippen LogP contribution in [0.25, 0.3) is 11.1 Å². The minimum Gasteiger partial charge on any atom is -0.439 e. The van der Waals surface area contributed by atoms with Crippen LogP contribution in [0.5, 0.6) is 0 Å². The maximum Gasteiger partial charge on any atom is 0.235 e. The summed E-state index contributed by atoms with van der Waals surface area (Å²) in [5.41, 5.74) is 5.06. The van der Waals surface area contributed by atoms with Crippen LogP contribution < -0.4 is 16.0 Å². The number of hydrogen-bond donors (Lipinski definition) is 3. The van der Waals surface area contributed by atoms with Crippen molar-refractivity contribution in [3.8, 4) is 0 Å². The first-order valence-corrected chi connectivity index (χ1v) is 13.5. The number of nitrogens with zero attached hydrogens (tertiary/aromatic N) is 3. The van der Waals surface area contributed by atoms with Gasteiger partial charge in [-0.25, -0.2) is 4.98 Å². The SMILES string of the molecule is CCCNCc1nc2cc(N(C)C)c3c(c2o1)C(=O)C1C(=O)[C@]2(O)C(=O)C(C(N)=O)C(=O)[C@@H](N(C)C)[C@@H]2C[C@@H]1C3. The van der Waals surface area contributed by atoms with Gasteiger partial charge in [0, 0.05) is 25.7 Å².